The van der Waals surface area contributed by atoms with Crippen molar-refractivity contribution in [2.45, 2.75) is 12.1 Å². The number of hydrogen-bond donors (Lipinski definition) is 2. The quantitative estimate of drug-likeness (QED) is 0.246. The Kier molecular flexibility index (Phi) is 7.23. The number of pyridine rings is 1. The Morgan fingerprint density at radius 3 is 2.61 bits per heavy atom. The fourth-order valence-electron chi connectivity index (χ4n) is 4.39. The maximum Gasteiger partial charge on any atom is 0.229 e. The van der Waals surface area contributed by atoms with E-state index in [2.05, 4.69) is 15.0 Å². The molecule has 0 spiro atoms. The molecular weight excluding hydrogens is 567 g/mol. The minimum Gasteiger partial charge on any atom is -0.495 e. The number of furan rings is 1. The topological polar surface area (TPSA) is 96.7 Å². The number of methoxy groups -OCH3 is 1. The van der Waals surface area contributed by atoms with E-state index in [1.54, 1.807) is 42.6 Å². The van der Waals surface area contributed by atoms with Gasteiger partial charge in [0.15, 0.2) is 5.11 Å². The molecule has 2 aromatic heterocycles. The number of aromatic nitrogens is 1. The van der Waals surface area contributed by atoms with Gasteiger partial charge in [-0.25, -0.2) is 8.42 Å². The fourth-order valence-corrected chi connectivity index (χ4v) is 5.80. The third kappa shape index (κ3) is 5.30. The lowest BCUT2D eigenvalue weighted by atomic mass is 10.0. The lowest BCUT2D eigenvalue weighted by Crippen LogP contribution is -2.29. The molecule has 1 aliphatic rings. The van der Waals surface area contributed by atoms with Gasteiger partial charge in [0.2, 0.25) is 10.0 Å². The summed E-state index contributed by atoms with van der Waals surface area (Å²) >= 11 is 18.3. The summed E-state index contributed by atoms with van der Waals surface area (Å²) in [6.45, 7) is 0. The van der Waals surface area contributed by atoms with Gasteiger partial charge >= 0.3 is 0 Å². The molecule has 2 N–H and O–H groups in total. The number of nitrogens with one attached hydrogen (secondary N) is 2. The van der Waals surface area contributed by atoms with Crippen molar-refractivity contribution >= 4 is 61.9 Å². The number of nitrogens with zero attached hydrogens (tertiary/aromatic N) is 2. The number of thiocarbonyl (C=S) groups is 1. The second-order valence-corrected chi connectivity index (χ2v) is 11.6. The van der Waals surface area contributed by atoms with E-state index < -0.39 is 16.1 Å². The van der Waals surface area contributed by atoms with Crippen LogP contribution in [0.25, 0.3) is 11.3 Å². The Balaban J connectivity index is 1.62. The van der Waals surface area contributed by atoms with Gasteiger partial charge in [0, 0.05) is 22.5 Å². The average Bonchev–Trinajstić information content (AvgIpc) is 3.48. The standard InChI is InChI=1S/C26H22Cl2N4O4S2/c1-35-22-9-7-16(14-20(22)31-38(2,33)34)32-25(24(30-26(32)37)19-5-3-4-12-29-19)23-11-10-21(36-23)17-8-6-15(27)13-18(17)28/h3-14,24-25,31H,1-2H3,(H,30,37)/t24-,25+/m0/s1. The van der Waals surface area contributed by atoms with Crippen molar-refractivity contribution in [1.82, 2.24) is 10.3 Å². The molecular formula is C26H22Cl2N4O4S2. The summed E-state index contributed by atoms with van der Waals surface area (Å²) in [6, 6.07) is 18.9. The van der Waals surface area contributed by atoms with Gasteiger partial charge < -0.3 is 19.4 Å². The molecule has 0 aliphatic carbocycles. The Morgan fingerprint density at radius 2 is 1.92 bits per heavy atom. The maximum absolute atomic E-state index is 12.0. The minimum atomic E-state index is -3.56. The van der Waals surface area contributed by atoms with Crippen molar-refractivity contribution in [3.05, 3.63) is 94.4 Å². The number of benzene rings is 2. The highest BCUT2D eigenvalue weighted by Crippen LogP contribution is 2.45. The Labute approximate surface area is 235 Å². The van der Waals surface area contributed by atoms with Crippen LogP contribution in [-0.2, 0) is 10.0 Å². The van der Waals surface area contributed by atoms with Crippen molar-refractivity contribution in [3.8, 4) is 17.1 Å². The van der Waals surface area contributed by atoms with Gasteiger partial charge in [0.05, 0.1) is 35.8 Å². The van der Waals surface area contributed by atoms with E-state index in [9.17, 15) is 8.42 Å². The van der Waals surface area contributed by atoms with Crippen molar-refractivity contribution in [3.63, 3.8) is 0 Å². The van der Waals surface area contributed by atoms with Gasteiger partial charge in [-0.3, -0.25) is 9.71 Å². The van der Waals surface area contributed by atoms with Crippen molar-refractivity contribution in [2.75, 3.05) is 23.0 Å². The summed E-state index contributed by atoms with van der Waals surface area (Å²) in [5.41, 5.74) is 2.36. The molecule has 5 rings (SSSR count). The molecule has 0 bridgehead atoms. The van der Waals surface area contributed by atoms with Crippen LogP contribution < -0.4 is 19.7 Å². The predicted octanol–water partition coefficient (Wildman–Crippen LogP) is 6.21. The van der Waals surface area contributed by atoms with Gasteiger partial charge in [-0.2, -0.15) is 0 Å². The van der Waals surface area contributed by atoms with Gasteiger partial charge in [-0.05, 0) is 72.9 Å². The molecule has 0 unspecified atom stereocenters. The smallest absolute Gasteiger partial charge is 0.229 e. The summed E-state index contributed by atoms with van der Waals surface area (Å²) in [5.74, 6) is 1.53. The molecule has 3 heterocycles. The molecule has 2 aromatic carbocycles. The highest BCUT2D eigenvalue weighted by atomic mass is 35.5. The van der Waals surface area contributed by atoms with E-state index >= 15 is 0 Å². The molecule has 0 amide bonds. The third-order valence-electron chi connectivity index (χ3n) is 5.97. The predicted molar refractivity (Wildman–Crippen MR) is 154 cm³/mol. The van der Waals surface area contributed by atoms with Crippen LogP contribution >= 0.6 is 35.4 Å². The zero-order valence-corrected chi connectivity index (χ0v) is 23.3. The number of rotatable bonds is 7. The van der Waals surface area contributed by atoms with E-state index in [-0.39, 0.29) is 11.7 Å². The second-order valence-electron chi connectivity index (χ2n) is 8.58. The zero-order valence-electron chi connectivity index (χ0n) is 20.2. The zero-order chi connectivity index (χ0) is 27.0. The van der Waals surface area contributed by atoms with Crippen LogP contribution in [0.1, 0.15) is 23.5 Å². The summed E-state index contributed by atoms with van der Waals surface area (Å²) in [6.07, 6.45) is 2.79. The van der Waals surface area contributed by atoms with Gasteiger partial charge in [0.25, 0.3) is 0 Å². The van der Waals surface area contributed by atoms with Crippen molar-refractivity contribution in [2.24, 2.45) is 0 Å². The molecule has 196 valence electrons. The van der Waals surface area contributed by atoms with Crippen molar-refractivity contribution < 1.29 is 17.6 Å². The monoisotopic (exact) mass is 588 g/mol. The summed E-state index contributed by atoms with van der Waals surface area (Å²) in [5, 5.41) is 4.76. The maximum atomic E-state index is 12.0. The van der Waals surface area contributed by atoms with Crippen LogP contribution in [0.3, 0.4) is 0 Å². The molecule has 2 atom stereocenters. The van der Waals surface area contributed by atoms with E-state index in [4.69, 9.17) is 44.6 Å². The van der Waals surface area contributed by atoms with Crippen LogP contribution in [0.2, 0.25) is 10.0 Å². The van der Waals surface area contributed by atoms with E-state index in [1.807, 2.05) is 35.2 Å². The van der Waals surface area contributed by atoms with Gasteiger partial charge in [-0.15, -0.1) is 0 Å². The number of ether oxygens (including phenoxy) is 1. The van der Waals surface area contributed by atoms with Crippen LogP contribution in [-0.4, -0.2) is 31.9 Å². The summed E-state index contributed by atoms with van der Waals surface area (Å²) in [4.78, 5) is 6.41. The lowest BCUT2D eigenvalue weighted by molar-refractivity contribution is 0.416. The van der Waals surface area contributed by atoms with Gasteiger partial charge in [0.1, 0.15) is 23.3 Å². The molecule has 4 aromatic rings. The Hall–Kier alpha value is -3.31. The first kappa shape index (κ1) is 26.3. The SMILES string of the molecule is COc1ccc(N2C(=S)N[C@@H](c3ccccn3)[C@H]2c2ccc(-c3ccc(Cl)cc3Cl)o2)cc1NS(C)(=O)=O. The number of hydrogen-bond acceptors (Lipinski definition) is 6. The van der Waals surface area contributed by atoms with Crippen LogP contribution in [0, 0.1) is 0 Å². The lowest BCUT2D eigenvalue weighted by Gasteiger charge is -2.27. The third-order valence-corrected chi connectivity index (χ3v) is 7.42. The molecule has 38 heavy (non-hydrogen) atoms. The van der Waals surface area contributed by atoms with E-state index in [1.165, 1.54) is 7.11 Å². The van der Waals surface area contributed by atoms with E-state index in [0.29, 0.717) is 43.7 Å². The van der Waals surface area contributed by atoms with Crippen LogP contribution in [0.4, 0.5) is 11.4 Å². The molecule has 1 aliphatic heterocycles. The van der Waals surface area contributed by atoms with Crippen molar-refractivity contribution in [1.29, 1.82) is 0 Å². The fraction of sp³-hybridized carbons (Fsp3) is 0.154. The first-order valence-electron chi connectivity index (χ1n) is 11.4. The molecule has 1 fully saturated rings. The Bertz CT molecular complexity index is 1610. The number of halogens is 2. The molecule has 1 saturated heterocycles. The minimum absolute atomic E-state index is 0.281. The van der Waals surface area contributed by atoms with Crippen LogP contribution in [0.5, 0.6) is 5.75 Å². The summed E-state index contributed by atoms with van der Waals surface area (Å²) < 4.78 is 38.3. The normalized spacial score (nSPS) is 17.4. The highest BCUT2D eigenvalue weighted by molar-refractivity contribution is 7.92. The second kappa shape index (κ2) is 10.5. The summed E-state index contributed by atoms with van der Waals surface area (Å²) in [7, 11) is -2.10. The number of anilines is 2. The molecule has 0 saturated carbocycles. The number of sulfonamides is 1. The van der Waals surface area contributed by atoms with Gasteiger partial charge in [-0.1, -0.05) is 29.3 Å². The molecule has 0 radical (unpaired) electrons. The van der Waals surface area contributed by atoms with E-state index in [0.717, 1.165) is 11.9 Å². The molecule has 12 heteroatoms. The Morgan fingerprint density at radius 1 is 1.11 bits per heavy atom. The highest BCUT2D eigenvalue weighted by Gasteiger charge is 2.43. The average molecular weight is 590 g/mol. The first-order chi connectivity index (χ1) is 18.1. The largest absolute Gasteiger partial charge is 0.495 e. The first-order valence-corrected chi connectivity index (χ1v) is 14.4. The molecule has 8 nitrogen and oxygen atoms in total. The van der Waals surface area contributed by atoms with Crippen LogP contribution in [0.15, 0.2) is 77.3 Å².